The van der Waals surface area contributed by atoms with E-state index in [4.69, 9.17) is 4.74 Å². The second kappa shape index (κ2) is 5.46. The van der Waals surface area contributed by atoms with E-state index in [0.717, 1.165) is 6.07 Å². The molecule has 0 amide bonds. The van der Waals surface area contributed by atoms with E-state index in [9.17, 15) is 13.2 Å². The van der Waals surface area contributed by atoms with Crippen molar-refractivity contribution in [1.29, 1.82) is 0 Å². The van der Waals surface area contributed by atoms with Gasteiger partial charge >= 0.3 is 6.18 Å². The van der Waals surface area contributed by atoms with Crippen molar-refractivity contribution in [1.82, 2.24) is 9.97 Å². The SMILES string of the molecule is FC(F)(F)c1cc(Br)cnc1Oc1cncc(Br)c1. The molecular weight excluding hydrogens is 393 g/mol. The van der Waals surface area contributed by atoms with Gasteiger partial charge in [-0.25, -0.2) is 4.98 Å². The van der Waals surface area contributed by atoms with Crippen LogP contribution < -0.4 is 4.74 Å². The summed E-state index contributed by atoms with van der Waals surface area (Å²) in [5, 5.41) is 0. The summed E-state index contributed by atoms with van der Waals surface area (Å²) in [7, 11) is 0. The van der Waals surface area contributed by atoms with Crippen molar-refractivity contribution in [3.63, 3.8) is 0 Å². The van der Waals surface area contributed by atoms with Crippen molar-refractivity contribution in [2.24, 2.45) is 0 Å². The van der Waals surface area contributed by atoms with E-state index in [1.807, 2.05) is 0 Å². The molecule has 3 nitrogen and oxygen atoms in total. The highest BCUT2D eigenvalue weighted by Gasteiger charge is 2.35. The lowest BCUT2D eigenvalue weighted by Crippen LogP contribution is -2.08. The molecular formula is C11H5Br2F3N2O. The number of rotatable bonds is 2. The van der Waals surface area contributed by atoms with Gasteiger partial charge < -0.3 is 4.74 Å². The number of hydrogen-bond donors (Lipinski definition) is 0. The second-order valence-electron chi connectivity index (χ2n) is 3.44. The minimum absolute atomic E-state index is 0.162. The summed E-state index contributed by atoms with van der Waals surface area (Å²) in [5.41, 5.74) is -0.957. The van der Waals surface area contributed by atoms with Gasteiger partial charge in [-0.05, 0) is 44.0 Å². The number of nitrogens with zero attached hydrogens (tertiary/aromatic N) is 2. The molecule has 0 fully saturated rings. The first-order valence-electron chi connectivity index (χ1n) is 4.87. The lowest BCUT2D eigenvalue weighted by Gasteiger charge is -2.12. The molecule has 2 aromatic heterocycles. The first-order valence-corrected chi connectivity index (χ1v) is 6.46. The predicted molar refractivity (Wildman–Crippen MR) is 69.0 cm³/mol. The average molecular weight is 398 g/mol. The summed E-state index contributed by atoms with van der Waals surface area (Å²) < 4.78 is 44.5. The van der Waals surface area contributed by atoms with Gasteiger partial charge in [0.05, 0.1) is 6.20 Å². The first kappa shape index (κ1) is 14.3. The van der Waals surface area contributed by atoms with Gasteiger partial charge in [0.15, 0.2) is 0 Å². The van der Waals surface area contributed by atoms with Crippen molar-refractivity contribution < 1.29 is 17.9 Å². The molecule has 19 heavy (non-hydrogen) atoms. The van der Waals surface area contributed by atoms with Gasteiger partial charge in [-0.3, -0.25) is 4.98 Å². The van der Waals surface area contributed by atoms with E-state index in [-0.39, 0.29) is 10.2 Å². The molecule has 0 radical (unpaired) electrons. The molecule has 0 aliphatic heterocycles. The number of halogens is 5. The van der Waals surface area contributed by atoms with Crippen molar-refractivity contribution >= 4 is 31.9 Å². The average Bonchev–Trinajstić information content (AvgIpc) is 2.30. The van der Waals surface area contributed by atoms with Crippen molar-refractivity contribution in [3.05, 3.63) is 45.2 Å². The molecule has 100 valence electrons. The third-order valence-electron chi connectivity index (χ3n) is 2.02. The topological polar surface area (TPSA) is 35.0 Å². The van der Waals surface area contributed by atoms with Crippen LogP contribution in [-0.2, 0) is 6.18 Å². The maximum Gasteiger partial charge on any atom is 0.421 e. The molecule has 0 aliphatic carbocycles. The van der Waals surface area contributed by atoms with Gasteiger partial charge in [-0.2, -0.15) is 13.2 Å². The molecule has 0 bridgehead atoms. The Labute approximate surface area is 123 Å². The van der Waals surface area contributed by atoms with E-state index >= 15 is 0 Å². The van der Waals surface area contributed by atoms with Crippen LogP contribution in [0.25, 0.3) is 0 Å². The Morgan fingerprint density at radius 3 is 2.32 bits per heavy atom. The Balaban J connectivity index is 2.40. The number of ether oxygens (including phenoxy) is 1. The number of pyridine rings is 2. The lowest BCUT2D eigenvalue weighted by molar-refractivity contribution is -0.138. The first-order chi connectivity index (χ1) is 8.86. The third-order valence-corrected chi connectivity index (χ3v) is 2.88. The van der Waals surface area contributed by atoms with Gasteiger partial charge in [0.25, 0.3) is 0 Å². The highest BCUT2D eigenvalue weighted by molar-refractivity contribution is 9.10. The van der Waals surface area contributed by atoms with Crippen LogP contribution in [0.1, 0.15) is 5.56 Å². The Morgan fingerprint density at radius 1 is 1.00 bits per heavy atom. The zero-order valence-electron chi connectivity index (χ0n) is 9.08. The zero-order chi connectivity index (χ0) is 14.0. The van der Waals surface area contributed by atoms with Gasteiger partial charge in [-0.1, -0.05) is 0 Å². The van der Waals surface area contributed by atoms with Gasteiger partial charge in [0.1, 0.15) is 11.3 Å². The quantitative estimate of drug-likeness (QED) is 0.729. The summed E-state index contributed by atoms with van der Waals surface area (Å²) in [6.07, 6.45) is -0.525. The Morgan fingerprint density at radius 2 is 1.68 bits per heavy atom. The predicted octanol–water partition coefficient (Wildman–Crippen LogP) is 4.81. The molecule has 2 rings (SSSR count). The molecule has 0 N–H and O–H groups in total. The van der Waals surface area contributed by atoms with Crippen LogP contribution in [-0.4, -0.2) is 9.97 Å². The highest BCUT2D eigenvalue weighted by atomic mass is 79.9. The highest BCUT2D eigenvalue weighted by Crippen LogP contribution is 2.38. The fraction of sp³-hybridized carbons (Fsp3) is 0.0909. The Kier molecular flexibility index (Phi) is 4.10. The normalized spacial score (nSPS) is 11.4. The van der Waals surface area contributed by atoms with Gasteiger partial charge in [-0.15, -0.1) is 0 Å². The number of hydrogen-bond acceptors (Lipinski definition) is 3. The smallest absolute Gasteiger partial charge is 0.421 e. The molecule has 0 atom stereocenters. The maximum atomic E-state index is 12.8. The van der Waals surface area contributed by atoms with E-state index < -0.39 is 17.6 Å². The van der Waals surface area contributed by atoms with Gasteiger partial charge in [0.2, 0.25) is 5.88 Å². The second-order valence-corrected chi connectivity index (χ2v) is 5.28. The zero-order valence-corrected chi connectivity index (χ0v) is 12.3. The maximum absolute atomic E-state index is 12.8. The molecule has 0 spiro atoms. The summed E-state index contributed by atoms with van der Waals surface area (Å²) in [5.74, 6) is -0.356. The number of alkyl halides is 3. The minimum Gasteiger partial charge on any atom is -0.437 e. The fourth-order valence-electron chi connectivity index (χ4n) is 1.27. The van der Waals surface area contributed by atoms with Crippen LogP contribution in [0.4, 0.5) is 13.2 Å². The molecule has 0 aliphatic rings. The standard InChI is InChI=1S/C11H5Br2F3N2O/c12-6-1-8(5-17-3-6)19-10-9(11(14,15)16)2-7(13)4-18-10/h1-5H. The molecule has 0 saturated heterocycles. The van der Waals surface area contributed by atoms with Gasteiger partial charge in [0, 0.05) is 21.3 Å². The van der Waals surface area contributed by atoms with Crippen LogP contribution in [0.3, 0.4) is 0 Å². The summed E-state index contributed by atoms with van der Waals surface area (Å²) in [6, 6.07) is 2.41. The largest absolute Gasteiger partial charge is 0.437 e. The van der Waals surface area contributed by atoms with Crippen LogP contribution in [0.2, 0.25) is 0 Å². The molecule has 8 heteroatoms. The molecule has 2 aromatic rings. The van der Waals surface area contributed by atoms with Crippen molar-refractivity contribution in [2.75, 3.05) is 0 Å². The molecule has 2 heterocycles. The number of aromatic nitrogens is 2. The Bertz CT molecular complexity index is 605. The molecule has 0 aromatic carbocycles. The summed E-state index contributed by atoms with van der Waals surface area (Å²) >= 11 is 6.10. The minimum atomic E-state index is -4.55. The summed E-state index contributed by atoms with van der Waals surface area (Å²) in [4.78, 5) is 7.44. The van der Waals surface area contributed by atoms with Crippen LogP contribution >= 0.6 is 31.9 Å². The van der Waals surface area contributed by atoms with E-state index in [1.165, 1.54) is 24.7 Å². The lowest BCUT2D eigenvalue weighted by atomic mass is 10.2. The van der Waals surface area contributed by atoms with E-state index in [2.05, 4.69) is 41.8 Å². The van der Waals surface area contributed by atoms with Crippen LogP contribution in [0.15, 0.2) is 39.7 Å². The van der Waals surface area contributed by atoms with Crippen LogP contribution in [0.5, 0.6) is 11.6 Å². The molecule has 0 unspecified atom stereocenters. The van der Waals surface area contributed by atoms with Crippen molar-refractivity contribution in [2.45, 2.75) is 6.18 Å². The summed E-state index contributed by atoms with van der Waals surface area (Å²) in [6.45, 7) is 0. The monoisotopic (exact) mass is 396 g/mol. The van der Waals surface area contributed by atoms with E-state index in [0.29, 0.717) is 4.47 Å². The van der Waals surface area contributed by atoms with E-state index in [1.54, 1.807) is 0 Å². The molecule has 0 saturated carbocycles. The third kappa shape index (κ3) is 3.66. The van der Waals surface area contributed by atoms with Crippen molar-refractivity contribution in [3.8, 4) is 11.6 Å². The fourth-order valence-corrected chi connectivity index (χ4v) is 1.95. The van der Waals surface area contributed by atoms with Crippen LogP contribution in [0, 0.1) is 0 Å². The Hall–Kier alpha value is -1.15.